The maximum Gasteiger partial charge on any atom is 0.222 e. The topological polar surface area (TPSA) is 40.5 Å². The van der Waals surface area contributed by atoms with Gasteiger partial charge in [-0.15, -0.1) is 0 Å². The Hall–Kier alpha value is -1.42. The zero-order valence-electron chi connectivity index (χ0n) is 10.0. The third-order valence-corrected chi connectivity index (χ3v) is 2.60. The van der Waals surface area contributed by atoms with Gasteiger partial charge >= 0.3 is 0 Å². The number of likely N-dealkylation sites (N-methyl/N-ethyl adjacent to an activating group) is 1. The molecule has 0 aliphatic carbocycles. The van der Waals surface area contributed by atoms with Crippen LogP contribution in [0, 0.1) is 5.82 Å². The van der Waals surface area contributed by atoms with Crippen LogP contribution in [0.15, 0.2) is 24.3 Å². The van der Waals surface area contributed by atoms with Gasteiger partial charge in [0, 0.05) is 26.6 Å². The van der Waals surface area contributed by atoms with Crippen LogP contribution in [0.3, 0.4) is 0 Å². The molecule has 0 aliphatic rings. The van der Waals surface area contributed by atoms with Gasteiger partial charge in [-0.25, -0.2) is 4.39 Å². The molecule has 0 atom stereocenters. The Kier molecular flexibility index (Phi) is 5.63. The van der Waals surface area contributed by atoms with Crippen molar-refractivity contribution in [3.05, 3.63) is 35.6 Å². The van der Waals surface area contributed by atoms with Crippen LogP contribution in [0.4, 0.5) is 4.39 Å². The monoisotopic (exact) mass is 239 g/mol. The van der Waals surface area contributed by atoms with Crippen LogP contribution in [0.2, 0.25) is 0 Å². The van der Waals surface area contributed by atoms with E-state index in [4.69, 9.17) is 5.11 Å². The van der Waals surface area contributed by atoms with Gasteiger partial charge in [-0.05, 0) is 30.5 Å². The maximum atomic E-state index is 12.9. The van der Waals surface area contributed by atoms with Gasteiger partial charge in [-0.3, -0.25) is 4.79 Å². The van der Waals surface area contributed by atoms with E-state index in [1.54, 1.807) is 18.0 Å². The van der Waals surface area contributed by atoms with Gasteiger partial charge in [0.05, 0.1) is 0 Å². The van der Waals surface area contributed by atoms with Crippen LogP contribution in [0.1, 0.15) is 18.4 Å². The summed E-state index contributed by atoms with van der Waals surface area (Å²) < 4.78 is 12.9. The predicted molar refractivity (Wildman–Crippen MR) is 64.1 cm³/mol. The summed E-state index contributed by atoms with van der Waals surface area (Å²) >= 11 is 0. The van der Waals surface area contributed by atoms with Crippen molar-refractivity contribution in [3.8, 4) is 0 Å². The minimum absolute atomic E-state index is 0.00968. The van der Waals surface area contributed by atoms with E-state index >= 15 is 0 Å². The van der Waals surface area contributed by atoms with E-state index in [9.17, 15) is 9.18 Å². The second-order valence-electron chi connectivity index (χ2n) is 4.02. The number of benzene rings is 1. The van der Waals surface area contributed by atoms with E-state index in [1.165, 1.54) is 12.1 Å². The summed E-state index contributed by atoms with van der Waals surface area (Å²) in [4.78, 5) is 13.1. The minimum atomic E-state index is -0.253. The summed E-state index contributed by atoms with van der Waals surface area (Å²) in [6.45, 7) is 0.594. The standard InChI is InChI=1S/C13H18FNO2/c1-15(13(17)6-3-9-16)8-7-11-4-2-5-12(14)10-11/h2,4-5,10,16H,3,6-9H2,1H3. The molecule has 4 heteroatoms. The van der Waals surface area contributed by atoms with Crippen molar-refractivity contribution >= 4 is 5.91 Å². The number of nitrogens with zero attached hydrogens (tertiary/aromatic N) is 1. The molecule has 0 aromatic heterocycles. The van der Waals surface area contributed by atoms with Crippen molar-refractivity contribution < 1.29 is 14.3 Å². The highest BCUT2D eigenvalue weighted by molar-refractivity contribution is 5.75. The van der Waals surface area contributed by atoms with E-state index in [-0.39, 0.29) is 18.3 Å². The number of carbonyl (C=O) groups excluding carboxylic acids is 1. The number of aliphatic hydroxyl groups excluding tert-OH is 1. The lowest BCUT2D eigenvalue weighted by atomic mass is 10.1. The SMILES string of the molecule is CN(CCc1cccc(F)c1)C(=O)CCCO. The summed E-state index contributed by atoms with van der Waals surface area (Å²) in [6, 6.07) is 6.39. The number of carbonyl (C=O) groups is 1. The molecular formula is C13H18FNO2. The molecule has 1 amide bonds. The Balaban J connectivity index is 2.37. The van der Waals surface area contributed by atoms with Gasteiger partial charge < -0.3 is 10.0 Å². The fourth-order valence-electron chi connectivity index (χ4n) is 1.54. The first-order chi connectivity index (χ1) is 8.13. The van der Waals surface area contributed by atoms with E-state index < -0.39 is 0 Å². The summed E-state index contributed by atoms with van der Waals surface area (Å²) in [5, 5.41) is 8.62. The molecular weight excluding hydrogens is 221 g/mol. The molecule has 1 aromatic rings. The van der Waals surface area contributed by atoms with Gasteiger partial charge in [0.1, 0.15) is 5.82 Å². The number of rotatable bonds is 6. The molecule has 1 aromatic carbocycles. The molecule has 0 spiro atoms. The van der Waals surface area contributed by atoms with Crippen molar-refractivity contribution in [2.75, 3.05) is 20.2 Å². The van der Waals surface area contributed by atoms with Gasteiger partial charge in [0.2, 0.25) is 5.91 Å². The molecule has 0 unspecified atom stereocenters. The van der Waals surface area contributed by atoms with Crippen LogP contribution in [0.25, 0.3) is 0 Å². The van der Waals surface area contributed by atoms with Gasteiger partial charge in [-0.2, -0.15) is 0 Å². The second-order valence-corrected chi connectivity index (χ2v) is 4.02. The normalized spacial score (nSPS) is 10.3. The maximum absolute atomic E-state index is 12.9. The zero-order chi connectivity index (χ0) is 12.7. The second kappa shape index (κ2) is 7.01. The summed E-state index contributed by atoms with van der Waals surface area (Å²) in [6.07, 6.45) is 1.48. The van der Waals surface area contributed by atoms with E-state index in [1.807, 2.05) is 6.07 Å². The number of amides is 1. The molecule has 0 saturated carbocycles. The molecule has 0 aliphatic heterocycles. The molecule has 3 nitrogen and oxygen atoms in total. The van der Waals surface area contributed by atoms with Crippen LogP contribution < -0.4 is 0 Å². The molecule has 0 heterocycles. The zero-order valence-corrected chi connectivity index (χ0v) is 10.0. The Morgan fingerprint density at radius 1 is 1.47 bits per heavy atom. The van der Waals surface area contributed by atoms with Crippen molar-refractivity contribution in [2.24, 2.45) is 0 Å². The summed E-state index contributed by atoms with van der Waals surface area (Å²) in [5.74, 6) is -0.243. The third-order valence-electron chi connectivity index (χ3n) is 2.60. The molecule has 17 heavy (non-hydrogen) atoms. The van der Waals surface area contributed by atoms with Crippen LogP contribution in [-0.4, -0.2) is 36.1 Å². The Morgan fingerprint density at radius 3 is 2.88 bits per heavy atom. The van der Waals surface area contributed by atoms with Crippen molar-refractivity contribution in [1.82, 2.24) is 4.90 Å². The predicted octanol–water partition coefficient (Wildman–Crippen LogP) is 1.60. The van der Waals surface area contributed by atoms with Crippen molar-refractivity contribution in [3.63, 3.8) is 0 Å². The quantitative estimate of drug-likeness (QED) is 0.819. The van der Waals surface area contributed by atoms with Crippen molar-refractivity contribution in [2.45, 2.75) is 19.3 Å². The van der Waals surface area contributed by atoms with Crippen LogP contribution in [-0.2, 0) is 11.2 Å². The molecule has 0 bridgehead atoms. The van der Waals surface area contributed by atoms with Gasteiger partial charge in [0.15, 0.2) is 0 Å². The molecule has 94 valence electrons. The number of hydrogen-bond acceptors (Lipinski definition) is 2. The number of hydrogen-bond donors (Lipinski definition) is 1. The lowest BCUT2D eigenvalue weighted by Crippen LogP contribution is -2.28. The highest BCUT2D eigenvalue weighted by Gasteiger charge is 2.07. The molecule has 1 N–H and O–H groups in total. The lowest BCUT2D eigenvalue weighted by Gasteiger charge is -2.16. The van der Waals surface area contributed by atoms with E-state index in [0.717, 1.165) is 5.56 Å². The average molecular weight is 239 g/mol. The minimum Gasteiger partial charge on any atom is -0.396 e. The number of halogens is 1. The fraction of sp³-hybridized carbons (Fsp3) is 0.462. The molecule has 1 rings (SSSR count). The fourth-order valence-corrected chi connectivity index (χ4v) is 1.54. The highest BCUT2D eigenvalue weighted by Crippen LogP contribution is 2.05. The Labute approximate surface area is 101 Å². The summed E-state index contributed by atoms with van der Waals surface area (Å²) in [7, 11) is 1.72. The molecule has 0 radical (unpaired) electrons. The first-order valence-corrected chi connectivity index (χ1v) is 5.72. The smallest absolute Gasteiger partial charge is 0.222 e. The van der Waals surface area contributed by atoms with Gasteiger partial charge in [0.25, 0.3) is 0 Å². The van der Waals surface area contributed by atoms with Crippen LogP contribution >= 0.6 is 0 Å². The largest absolute Gasteiger partial charge is 0.396 e. The molecule has 0 fully saturated rings. The van der Waals surface area contributed by atoms with Crippen molar-refractivity contribution in [1.29, 1.82) is 0 Å². The lowest BCUT2D eigenvalue weighted by molar-refractivity contribution is -0.130. The Bertz CT molecular complexity index is 368. The van der Waals surface area contributed by atoms with E-state index in [0.29, 0.717) is 25.8 Å². The van der Waals surface area contributed by atoms with Gasteiger partial charge in [-0.1, -0.05) is 12.1 Å². The average Bonchev–Trinajstić information content (AvgIpc) is 2.33. The third kappa shape index (κ3) is 4.95. The first kappa shape index (κ1) is 13.6. The molecule has 0 saturated heterocycles. The number of aliphatic hydroxyl groups is 1. The summed E-state index contributed by atoms with van der Waals surface area (Å²) in [5.41, 5.74) is 0.881. The van der Waals surface area contributed by atoms with Crippen LogP contribution in [0.5, 0.6) is 0 Å². The first-order valence-electron chi connectivity index (χ1n) is 5.72. The highest BCUT2D eigenvalue weighted by atomic mass is 19.1. The van der Waals surface area contributed by atoms with E-state index in [2.05, 4.69) is 0 Å². The Morgan fingerprint density at radius 2 is 2.24 bits per heavy atom.